The third kappa shape index (κ3) is 2.79. The monoisotopic (exact) mass is 261 g/mol. The van der Waals surface area contributed by atoms with Crippen LogP contribution in [0.2, 0.25) is 0 Å². The van der Waals surface area contributed by atoms with Crippen LogP contribution in [0.15, 0.2) is 28.4 Å². The first-order valence-electron chi connectivity index (χ1n) is 5.64. The molecule has 0 unspecified atom stereocenters. The van der Waals surface area contributed by atoms with Crippen molar-refractivity contribution in [3.63, 3.8) is 0 Å². The van der Waals surface area contributed by atoms with E-state index in [2.05, 4.69) is 21.0 Å². The highest BCUT2D eigenvalue weighted by molar-refractivity contribution is 7.98. The van der Waals surface area contributed by atoms with Crippen molar-refractivity contribution in [1.82, 2.24) is 15.0 Å². The second-order valence-corrected chi connectivity index (χ2v) is 4.96. The fraction of sp³-hybridized carbons (Fsp3) is 0.308. The lowest BCUT2D eigenvalue weighted by molar-refractivity contribution is 0.899. The standard InChI is InChI=1S/C13H15N3OS/c1-8-4-10(6-14-9(8)2)5-11-7-15-13(18-3)16-12(11)17/h4,6-7H,5H2,1-3H3,(H,15,16,17). The summed E-state index contributed by atoms with van der Waals surface area (Å²) < 4.78 is 0. The van der Waals surface area contributed by atoms with Crippen molar-refractivity contribution in [3.05, 3.63) is 51.2 Å². The number of hydrogen-bond donors (Lipinski definition) is 1. The molecule has 0 amide bonds. The Hall–Kier alpha value is -1.62. The molecule has 5 heteroatoms. The maximum Gasteiger partial charge on any atom is 0.255 e. The van der Waals surface area contributed by atoms with E-state index in [1.165, 1.54) is 11.8 Å². The van der Waals surface area contributed by atoms with Crippen molar-refractivity contribution in [3.8, 4) is 0 Å². The molecule has 0 aliphatic carbocycles. The van der Waals surface area contributed by atoms with E-state index in [0.717, 1.165) is 16.8 Å². The fourth-order valence-electron chi connectivity index (χ4n) is 1.65. The number of nitrogens with one attached hydrogen (secondary N) is 1. The van der Waals surface area contributed by atoms with Gasteiger partial charge in [-0.1, -0.05) is 17.8 Å². The topological polar surface area (TPSA) is 58.6 Å². The van der Waals surface area contributed by atoms with Crippen LogP contribution >= 0.6 is 11.8 Å². The van der Waals surface area contributed by atoms with Crippen LogP contribution in [0, 0.1) is 13.8 Å². The highest BCUT2D eigenvalue weighted by atomic mass is 32.2. The van der Waals surface area contributed by atoms with E-state index in [-0.39, 0.29) is 5.56 Å². The summed E-state index contributed by atoms with van der Waals surface area (Å²) in [5, 5.41) is 0.641. The second-order valence-electron chi connectivity index (χ2n) is 4.17. The molecule has 0 aliphatic rings. The van der Waals surface area contributed by atoms with Crippen molar-refractivity contribution >= 4 is 11.8 Å². The lowest BCUT2D eigenvalue weighted by atomic mass is 10.1. The van der Waals surface area contributed by atoms with Crippen molar-refractivity contribution in [2.45, 2.75) is 25.4 Å². The molecule has 1 N–H and O–H groups in total. The Balaban J connectivity index is 2.28. The SMILES string of the molecule is CSc1ncc(Cc2cnc(C)c(C)c2)c(=O)[nH]1. The molecule has 4 nitrogen and oxygen atoms in total. The molecule has 0 saturated carbocycles. The van der Waals surface area contributed by atoms with Gasteiger partial charge in [0.1, 0.15) is 0 Å². The van der Waals surface area contributed by atoms with Gasteiger partial charge in [-0.15, -0.1) is 0 Å². The molecule has 2 heterocycles. The molecular formula is C13H15N3OS. The first-order valence-corrected chi connectivity index (χ1v) is 6.87. The molecule has 0 bridgehead atoms. The normalized spacial score (nSPS) is 10.6. The minimum absolute atomic E-state index is 0.0763. The zero-order chi connectivity index (χ0) is 13.1. The van der Waals surface area contributed by atoms with Gasteiger partial charge in [0, 0.05) is 30.1 Å². The highest BCUT2D eigenvalue weighted by Gasteiger charge is 2.05. The van der Waals surface area contributed by atoms with E-state index in [1.54, 1.807) is 6.20 Å². The first kappa shape index (κ1) is 12.8. The number of aromatic nitrogens is 3. The van der Waals surface area contributed by atoms with Gasteiger partial charge in [-0.3, -0.25) is 9.78 Å². The Bertz CT molecular complexity index is 622. The van der Waals surface area contributed by atoms with Crippen LogP contribution in [0.4, 0.5) is 0 Å². The summed E-state index contributed by atoms with van der Waals surface area (Å²) in [5.74, 6) is 0. The van der Waals surface area contributed by atoms with Gasteiger partial charge >= 0.3 is 0 Å². The Kier molecular flexibility index (Phi) is 3.81. The molecule has 2 rings (SSSR count). The Morgan fingerprint density at radius 2 is 2.06 bits per heavy atom. The summed E-state index contributed by atoms with van der Waals surface area (Å²) >= 11 is 1.42. The zero-order valence-corrected chi connectivity index (χ0v) is 11.5. The van der Waals surface area contributed by atoms with E-state index in [4.69, 9.17) is 0 Å². The fourth-order valence-corrected chi connectivity index (χ4v) is 2.01. The van der Waals surface area contributed by atoms with Gasteiger partial charge in [0.05, 0.1) is 0 Å². The zero-order valence-electron chi connectivity index (χ0n) is 10.7. The van der Waals surface area contributed by atoms with Gasteiger partial charge in [0.15, 0.2) is 5.16 Å². The van der Waals surface area contributed by atoms with Crippen molar-refractivity contribution in [1.29, 1.82) is 0 Å². The summed E-state index contributed by atoms with van der Waals surface area (Å²) in [6.07, 6.45) is 5.89. The van der Waals surface area contributed by atoms with Crippen LogP contribution < -0.4 is 5.56 Å². The third-order valence-corrected chi connectivity index (χ3v) is 3.43. The van der Waals surface area contributed by atoms with Gasteiger partial charge in [0.25, 0.3) is 5.56 Å². The van der Waals surface area contributed by atoms with Crippen molar-refractivity contribution in [2.75, 3.05) is 6.26 Å². The van der Waals surface area contributed by atoms with Crippen LogP contribution in [-0.4, -0.2) is 21.2 Å². The minimum atomic E-state index is -0.0763. The van der Waals surface area contributed by atoms with Crippen molar-refractivity contribution in [2.24, 2.45) is 0 Å². The number of rotatable bonds is 3. The van der Waals surface area contributed by atoms with Crippen LogP contribution in [0.1, 0.15) is 22.4 Å². The number of pyridine rings is 1. The summed E-state index contributed by atoms with van der Waals surface area (Å²) in [5.41, 5.74) is 3.77. The van der Waals surface area contributed by atoms with Crippen LogP contribution in [-0.2, 0) is 6.42 Å². The largest absolute Gasteiger partial charge is 0.301 e. The van der Waals surface area contributed by atoms with Crippen LogP contribution in [0.5, 0.6) is 0 Å². The van der Waals surface area contributed by atoms with Gasteiger partial charge in [-0.2, -0.15) is 0 Å². The maximum absolute atomic E-state index is 11.8. The molecule has 94 valence electrons. The van der Waals surface area contributed by atoms with E-state index in [1.807, 2.05) is 26.3 Å². The molecule has 0 fully saturated rings. The number of nitrogens with zero attached hydrogens (tertiary/aromatic N) is 2. The number of H-pyrrole nitrogens is 1. The summed E-state index contributed by atoms with van der Waals surface area (Å²) in [7, 11) is 0. The summed E-state index contributed by atoms with van der Waals surface area (Å²) in [6, 6.07) is 2.06. The average molecular weight is 261 g/mol. The van der Waals surface area contributed by atoms with Gasteiger partial charge < -0.3 is 4.98 Å². The molecule has 0 aliphatic heterocycles. The predicted molar refractivity (Wildman–Crippen MR) is 73.2 cm³/mol. The molecule has 0 spiro atoms. The third-order valence-electron chi connectivity index (χ3n) is 2.83. The van der Waals surface area contributed by atoms with Crippen molar-refractivity contribution < 1.29 is 0 Å². The predicted octanol–water partition coefficient (Wildman–Crippen LogP) is 2.09. The van der Waals surface area contributed by atoms with Crippen LogP contribution in [0.25, 0.3) is 0 Å². The quantitative estimate of drug-likeness (QED) is 0.679. The first-order chi connectivity index (χ1) is 8.60. The lowest BCUT2D eigenvalue weighted by Gasteiger charge is -2.04. The number of aromatic amines is 1. The number of aryl methyl sites for hydroxylation is 2. The molecule has 18 heavy (non-hydrogen) atoms. The molecule has 0 radical (unpaired) electrons. The molecule has 2 aromatic rings. The summed E-state index contributed by atoms with van der Waals surface area (Å²) in [4.78, 5) is 23.1. The molecule has 2 aromatic heterocycles. The second kappa shape index (κ2) is 5.35. The minimum Gasteiger partial charge on any atom is -0.301 e. The van der Waals surface area contributed by atoms with E-state index >= 15 is 0 Å². The summed E-state index contributed by atoms with van der Waals surface area (Å²) in [6.45, 7) is 3.99. The lowest BCUT2D eigenvalue weighted by Crippen LogP contribution is -2.14. The molecular weight excluding hydrogens is 246 g/mol. The smallest absolute Gasteiger partial charge is 0.255 e. The van der Waals surface area contributed by atoms with E-state index < -0.39 is 0 Å². The number of thioether (sulfide) groups is 1. The molecule has 0 atom stereocenters. The van der Waals surface area contributed by atoms with Gasteiger partial charge in [0.2, 0.25) is 0 Å². The molecule has 0 saturated heterocycles. The van der Waals surface area contributed by atoms with E-state index in [9.17, 15) is 4.79 Å². The average Bonchev–Trinajstić information content (AvgIpc) is 2.36. The van der Waals surface area contributed by atoms with Crippen LogP contribution in [0.3, 0.4) is 0 Å². The van der Waals surface area contributed by atoms with E-state index in [0.29, 0.717) is 17.1 Å². The van der Waals surface area contributed by atoms with Gasteiger partial charge in [-0.25, -0.2) is 4.98 Å². The number of hydrogen-bond acceptors (Lipinski definition) is 4. The van der Waals surface area contributed by atoms with Gasteiger partial charge in [-0.05, 0) is 31.2 Å². The highest BCUT2D eigenvalue weighted by Crippen LogP contribution is 2.10. The molecule has 0 aromatic carbocycles. The Morgan fingerprint density at radius 3 is 2.67 bits per heavy atom. The Morgan fingerprint density at radius 1 is 1.28 bits per heavy atom. The Labute approximate surface area is 110 Å². The maximum atomic E-state index is 11.8.